The predicted octanol–water partition coefficient (Wildman–Crippen LogP) is 3.00. The summed E-state index contributed by atoms with van der Waals surface area (Å²) < 4.78 is 0. The summed E-state index contributed by atoms with van der Waals surface area (Å²) >= 11 is 0. The fourth-order valence-corrected chi connectivity index (χ4v) is 2.98. The van der Waals surface area contributed by atoms with Crippen molar-refractivity contribution >= 4 is 6.03 Å². The van der Waals surface area contributed by atoms with Crippen LogP contribution in [-0.2, 0) is 19.6 Å². The number of carbonyl (C=O) groups excluding carboxylic acids is 1. The van der Waals surface area contributed by atoms with Crippen molar-refractivity contribution in [1.82, 2.24) is 10.6 Å². The predicted molar refractivity (Wildman–Crippen MR) is 94.4 cm³/mol. The molecular formula is C20H24N2O2. The standard InChI is InChI=1S/C20H24N2O2/c23-14-18-9-5-4-8-17(18)13-21-20(24)22-19(16-10-11-16)12-15-6-2-1-3-7-15/h1-9,16,19,23H,10-14H2,(H2,21,22,24). The number of hydrogen-bond donors (Lipinski definition) is 3. The average Bonchev–Trinajstić information content (AvgIpc) is 3.45. The third kappa shape index (κ3) is 4.59. The second kappa shape index (κ2) is 7.97. The number of rotatable bonds is 7. The van der Waals surface area contributed by atoms with Gasteiger partial charge in [-0.2, -0.15) is 0 Å². The van der Waals surface area contributed by atoms with E-state index in [0.717, 1.165) is 17.5 Å². The van der Waals surface area contributed by atoms with Gasteiger partial charge < -0.3 is 15.7 Å². The van der Waals surface area contributed by atoms with Crippen LogP contribution in [0.15, 0.2) is 54.6 Å². The first-order valence-electron chi connectivity index (χ1n) is 8.52. The summed E-state index contributed by atoms with van der Waals surface area (Å²) in [7, 11) is 0. The van der Waals surface area contributed by atoms with Gasteiger partial charge in [0.05, 0.1) is 6.61 Å². The Morgan fingerprint density at radius 2 is 1.71 bits per heavy atom. The van der Waals surface area contributed by atoms with E-state index >= 15 is 0 Å². The van der Waals surface area contributed by atoms with E-state index in [2.05, 4.69) is 22.8 Å². The highest BCUT2D eigenvalue weighted by molar-refractivity contribution is 5.74. The summed E-state index contributed by atoms with van der Waals surface area (Å²) in [6.45, 7) is 0.406. The van der Waals surface area contributed by atoms with Gasteiger partial charge in [0.25, 0.3) is 0 Å². The van der Waals surface area contributed by atoms with Crippen LogP contribution in [-0.4, -0.2) is 17.2 Å². The van der Waals surface area contributed by atoms with Crippen molar-refractivity contribution in [2.75, 3.05) is 0 Å². The minimum atomic E-state index is -0.143. The Labute approximate surface area is 142 Å². The zero-order valence-electron chi connectivity index (χ0n) is 13.7. The van der Waals surface area contributed by atoms with Crippen molar-refractivity contribution in [2.24, 2.45) is 5.92 Å². The number of amides is 2. The van der Waals surface area contributed by atoms with Gasteiger partial charge >= 0.3 is 6.03 Å². The van der Waals surface area contributed by atoms with E-state index in [9.17, 15) is 9.90 Å². The molecule has 4 nitrogen and oxygen atoms in total. The number of carbonyl (C=O) groups is 1. The first kappa shape index (κ1) is 16.5. The van der Waals surface area contributed by atoms with Gasteiger partial charge in [-0.1, -0.05) is 54.6 Å². The van der Waals surface area contributed by atoms with Gasteiger partial charge in [0.15, 0.2) is 0 Å². The molecular weight excluding hydrogens is 300 g/mol. The van der Waals surface area contributed by atoms with E-state index in [1.165, 1.54) is 18.4 Å². The largest absolute Gasteiger partial charge is 0.392 e. The van der Waals surface area contributed by atoms with Crippen LogP contribution in [0, 0.1) is 5.92 Å². The number of nitrogens with one attached hydrogen (secondary N) is 2. The van der Waals surface area contributed by atoms with Gasteiger partial charge in [0.1, 0.15) is 0 Å². The smallest absolute Gasteiger partial charge is 0.315 e. The molecule has 1 atom stereocenters. The molecule has 0 saturated heterocycles. The van der Waals surface area contributed by atoms with E-state index in [1.807, 2.05) is 42.5 Å². The van der Waals surface area contributed by atoms with Crippen molar-refractivity contribution in [3.63, 3.8) is 0 Å². The van der Waals surface area contributed by atoms with Crippen LogP contribution < -0.4 is 10.6 Å². The molecule has 0 aromatic heterocycles. The number of hydrogen-bond acceptors (Lipinski definition) is 2. The third-order valence-corrected chi connectivity index (χ3v) is 4.53. The van der Waals surface area contributed by atoms with Crippen molar-refractivity contribution in [3.05, 3.63) is 71.3 Å². The van der Waals surface area contributed by atoms with Crippen LogP contribution in [0.1, 0.15) is 29.5 Å². The molecule has 4 heteroatoms. The first-order chi connectivity index (χ1) is 11.8. The summed E-state index contributed by atoms with van der Waals surface area (Å²) in [5.41, 5.74) is 3.04. The van der Waals surface area contributed by atoms with Gasteiger partial charge in [-0.05, 0) is 41.9 Å². The van der Waals surface area contributed by atoms with Crippen LogP contribution in [0.2, 0.25) is 0 Å². The highest BCUT2D eigenvalue weighted by Gasteiger charge is 2.32. The lowest BCUT2D eigenvalue weighted by molar-refractivity contribution is 0.234. The first-order valence-corrected chi connectivity index (χ1v) is 8.52. The summed E-state index contributed by atoms with van der Waals surface area (Å²) in [6.07, 6.45) is 3.24. The number of aliphatic hydroxyl groups excluding tert-OH is 1. The molecule has 2 aromatic carbocycles. The van der Waals surface area contributed by atoms with E-state index in [4.69, 9.17) is 0 Å². The lowest BCUT2D eigenvalue weighted by Gasteiger charge is -2.19. The molecule has 1 aliphatic carbocycles. The normalized spacial score (nSPS) is 14.9. The van der Waals surface area contributed by atoms with Gasteiger partial charge in [-0.25, -0.2) is 4.79 Å². The number of benzene rings is 2. The molecule has 2 amide bonds. The molecule has 126 valence electrons. The Balaban J connectivity index is 1.54. The van der Waals surface area contributed by atoms with Crippen molar-refractivity contribution in [3.8, 4) is 0 Å². The molecule has 0 bridgehead atoms. The van der Waals surface area contributed by atoms with E-state index in [0.29, 0.717) is 12.5 Å². The van der Waals surface area contributed by atoms with Crippen LogP contribution in [0.4, 0.5) is 4.79 Å². The number of urea groups is 1. The summed E-state index contributed by atoms with van der Waals surface area (Å²) in [5, 5.41) is 15.4. The highest BCUT2D eigenvalue weighted by Crippen LogP contribution is 2.34. The van der Waals surface area contributed by atoms with E-state index in [1.54, 1.807) is 0 Å². The Morgan fingerprint density at radius 3 is 2.38 bits per heavy atom. The summed E-state index contributed by atoms with van der Waals surface area (Å²) in [4.78, 5) is 12.3. The molecule has 24 heavy (non-hydrogen) atoms. The second-order valence-electron chi connectivity index (χ2n) is 6.39. The molecule has 3 rings (SSSR count). The maximum Gasteiger partial charge on any atom is 0.315 e. The van der Waals surface area contributed by atoms with Crippen LogP contribution in [0.5, 0.6) is 0 Å². The Kier molecular flexibility index (Phi) is 5.49. The monoisotopic (exact) mass is 324 g/mol. The molecule has 1 aliphatic rings. The van der Waals surface area contributed by atoms with Crippen LogP contribution >= 0.6 is 0 Å². The SMILES string of the molecule is O=C(NCc1ccccc1CO)NC(Cc1ccccc1)C1CC1. The quantitative estimate of drug-likeness (QED) is 0.733. The van der Waals surface area contributed by atoms with Crippen molar-refractivity contribution in [1.29, 1.82) is 0 Å². The highest BCUT2D eigenvalue weighted by atomic mass is 16.3. The zero-order chi connectivity index (χ0) is 16.8. The molecule has 3 N–H and O–H groups in total. The zero-order valence-corrected chi connectivity index (χ0v) is 13.7. The van der Waals surface area contributed by atoms with Gasteiger partial charge in [-0.15, -0.1) is 0 Å². The maximum atomic E-state index is 12.3. The topological polar surface area (TPSA) is 61.4 Å². The molecule has 2 aromatic rings. The van der Waals surface area contributed by atoms with Crippen molar-refractivity contribution < 1.29 is 9.90 Å². The second-order valence-corrected chi connectivity index (χ2v) is 6.39. The molecule has 0 aliphatic heterocycles. The van der Waals surface area contributed by atoms with Crippen LogP contribution in [0.25, 0.3) is 0 Å². The molecule has 1 saturated carbocycles. The molecule has 0 heterocycles. The molecule has 0 radical (unpaired) electrons. The summed E-state index contributed by atoms with van der Waals surface area (Å²) in [6, 6.07) is 17.9. The Hall–Kier alpha value is -2.33. The Bertz CT molecular complexity index is 668. The van der Waals surface area contributed by atoms with Crippen LogP contribution in [0.3, 0.4) is 0 Å². The minimum absolute atomic E-state index is 0.0157. The van der Waals surface area contributed by atoms with E-state index < -0.39 is 0 Å². The summed E-state index contributed by atoms with van der Waals surface area (Å²) in [5.74, 6) is 0.584. The average molecular weight is 324 g/mol. The third-order valence-electron chi connectivity index (χ3n) is 4.53. The lowest BCUT2D eigenvalue weighted by atomic mass is 10.0. The van der Waals surface area contributed by atoms with Gasteiger partial charge in [-0.3, -0.25) is 0 Å². The van der Waals surface area contributed by atoms with E-state index in [-0.39, 0.29) is 18.7 Å². The lowest BCUT2D eigenvalue weighted by Crippen LogP contribution is -2.44. The minimum Gasteiger partial charge on any atom is -0.392 e. The van der Waals surface area contributed by atoms with Gasteiger partial charge in [0.2, 0.25) is 0 Å². The fourth-order valence-electron chi connectivity index (χ4n) is 2.98. The fraction of sp³-hybridized carbons (Fsp3) is 0.350. The molecule has 1 fully saturated rings. The maximum absolute atomic E-state index is 12.3. The molecule has 1 unspecified atom stereocenters. The Morgan fingerprint density at radius 1 is 1.04 bits per heavy atom. The van der Waals surface area contributed by atoms with Gasteiger partial charge in [0, 0.05) is 12.6 Å². The molecule has 0 spiro atoms. The number of aliphatic hydroxyl groups is 1. The van der Waals surface area contributed by atoms with Crippen molar-refractivity contribution in [2.45, 2.75) is 38.5 Å².